The third kappa shape index (κ3) is 2.37. The molecule has 2 N–H and O–H groups in total. The molecule has 0 aliphatic heterocycles. The molecule has 1 atom stereocenters. The Bertz CT molecular complexity index is 510. The van der Waals surface area contributed by atoms with E-state index in [0.29, 0.717) is 19.3 Å². The molecule has 122 valence electrons. The molecule has 2 bridgehead atoms. The zero-order valence-electron chi connectivity index (χ0n) is 13.7. The first kappa shape index (κ1) is 15.6. The second kappa shape index (κ2) is 5.39. The minimum Gasteiger partial charge on any atom is -0.481 e. The summed E-state index contributed by atoms with van der Waals surface area (Å²) in [7, 11) is 0. The summed E-state index contributed by atoms with van der Waals surface area (Å²) in [5, 5.41) is 12.7. The molecule has 0 radical (unpaired) electrons. The van der Waals surface area contributed by atoms with Crippen LogP contribution in [0.5, 0.6) is 0 Å². The van der Waals surface area contributed by atoms with Crippen molar-refractivity contribution in [3.8, 4) is 0 Å². The molecular formula is C18H27NO3. The lowest BCUT2D eigenvalue weighted by Crippen LogP contribution is -2.54. The highest BCUT2D eigenvalue weighted by atomic mass is 16.4. The monoisotopic (exact) mass is 305 g/mol. The number of rotatable bonds is 3. The maximum absolute atomic E-state index is 12.9. The Morgan fingerprint density at radius 3 is 2.14 bits per heavy atom. The quantitative estimate of drug-likeness (QED) is 0.785. The van der Waals surface area contributed by atoms with Crippen molar-refractivity contribution < 1.29 is 14.7 Å². The molecule has 22 heavy (non-hydrogen) atoms. The molecule has 3 fully saturated rings. The summed E-state index contributed by atoms with van der Waals surface area (Å²) in [6.07, 6.45) is 7.51. The van der Waals surface area contributed by atoms with Crippen LogP contribution in [0, 0.1) is 10.8 Å². The largest absolute Gasteiger partial charge is 0.481 e. The Balaban J connectivity index is 1.69. The van der Waals surface area contributed by atoms with Crippen molar-refractivity contribution in [1.29, 1.82) is 0 Å². The zero-order valence-corrected chi connectivity index (χ0v) is 13.7. The first-order valence-electron chi connectivity index (χ1n) is 8.59. The number of carbonyl (C=O) groups excluding carboxylic acids is 1. The first-order chi connectivity index (χ1) is 10.4. The van der Waals surface area contributed by atoms with E-state index in [2.05, 4.69) is 19.2 Å². The standard InChI is InChI=1S/C18H27NO3/c1-12-4-3-5-14(13(12)2)19-15(20)17-6-9-18(10-7-17,11-8-17)16(21)22/h14H,3-11H2,1-2H3,(H,19,20)(H,21,22). The Kier molecular flexibility index (Phi) is 3.82. The maximum Gasteiger partial charge on any atom is 0.309 e. The number of hydrogen-bond acceptors (Lipinski definition) is 2. The molecule has 1 unspecified atom stereocenters. The van der Waals surface area contributed by atoms with Crippen molar-refractivity contribution >= 4 is 11.9 Å². The lowest BCUT2D eigenvalue weighted by Gasteiger charge is -2.50. The molecule has 3 saturated carbocycles. The highest BCUT2D eigenvalue weighted by Gasteiger charge is 2.55. The number of hydrogen-bond donors (Lipinski definition) is 2. The molecule has 0 saturated heterocycles. The summed E-state index contributed by atoms with van der Waals surface area (Å²) in [6.45, 7) is 4.29. The number of carboxylic acids is 1. The van der Waals surface area contributed by atoms with E-state index >= 15 is 0 Å². The van der Waals surface area contributed by atoms with Crippen molar-refractivity contribution in [1.82, 2.24) is 5.32 Å². The van der Waals surface area contributed by atoms with E-state index in [4.69, 9.17) is 0 Å². The average Bonchev–Trinajstić information content (AvgIpc) is 2.53. The number of nitrogens with one attached hydrogen (secondary N) is 1. The fraction of sp³-hybridized carbons (Fsp3) is 0.778. The van der Waals surface area contributed by atoms with E-state index in [1.165, 1.54) is 11.1 Å². The highest BCUT2D eigenvalue weighted by molar-refractivity contribution is 5.85. The number of carboxylic acid groups (broad SMARTS) is 1. The second-order valence-corrected chi connectivity index (χ2v) is 7.75. The van der Waals surface area contributed by atoms with E-state index in [-0.39, 0.29) is 17.4 Å². The fourth-order valence-corrected chi connectivity index (χ4v) is 4.62. The van der Waals surface area contributed by atoms with Crippen molar-refractivity contribution in [2.45, 2.75) is 77.7 Å². The van der Waals surface area contributed by atoms with E-state index in [0.717, 1.165) is 38.5 Å². The van der Waals surface area contributed by atoms with Gasteiger partial charge >= 0.3 is 5.97 Å². The van der Waals surface area contributed by atoms with Gasteiger partial charge in [-0.3, -0.25) is 9.59 Å². The normalized spacial score (nSPS) is 38.0. The third-order valence-corrected chi connectivity index (χ3v) is 6.73. The number of allylic oxidation sites excluding steroid dienone is 1. The van der Waals surface area contributed by atoms with Gasteiger partial charge in [-0.25, -0.2) is 0 Å². The molecule has 4 rings (SSSR count). The molecule has 4 aliphatic rings. The lowest BCUT2D eigenvalue weighted by molar-refractivity contribution is -0.163. The maximum atomic E-state index is 12.9. The van der Waals surface area contributed by atoms with E-state index < -0.39 is 11.4 Å². The summed E-state index contributed by atoms with van der Waals surface area (Å²) in [5.41, 5.74) is 1.89. The van der Waals surface area contributed by atoms with Gasteiger partial charge in [0, 0.05) is 5.41 Å². The minimum atomic E-state index is -0.664. The average molecular weight is 305 g/mol. The van der Waals surface area contributed by atoms with Crippen LogP contribution < -0.4 is 5.32 Å². The molecule has 0 aromatic heterocycles. The molecule has 0 aromatic carbocycles. The predicted molar refractivity (Wildman–Crippen MR) is 84.4 cm³/mol. The molecule has 0 aromatic rings. The van der Waals surface area contributed by atoms with Gasteiger partial charge in [0.05, 0.1) is 11.5 Å². The molecule has 1 amide bonds. The third-order valence-electron chi connectivity index (χ3n) is 6.73. The summed E-state index contributed by atoms with van der Waals surface area (Å²) in [6, 6.07) is 0.184. The fourth-order valence-electron chi connectivity index (χ4n) is 4.62. The molecule has 4 heteroatoms. The number of fused-ring (bicyclic) bond motifs is 3. The smallest absolute Gasteiger partial charge is 0.309 e. The molecular weight excluding hydrogens is 278 g/mol. The predicted octanol–water partition coefficient (Wildman–Crippen LogP) is 3.42. The second-order valence-electron chi connectivity index (χ2n) is 7.75. The Hall–Kier alpha value is -1.32. The first-order valence-corrected chi connectivity index (χ1v) is 8.59. The highest BCUT2D eigenvalue weighted by Crippen LogP contribution is 2.57. The van der Waals surface area contributed by atoms with Gasteiger partial charge in [-0.2, -0.15) is 0 Å². The Morgan fingerprint density at radius 2 is 1.59 bits per heavy atom. The summed E-state index contributed by atoms with van der Waals surface area (Å²) < 4.78 is 0. The van der Waals surface area contributed by atoms with Gasteiger partial charge in [0.25, 0.3) is 0 Å². The van der Waals surface area contributed by atoms with Gasteiger partial charge in [0.2, 0.25) is 5.91 Å². The molecule has 4 nitrogen and oxygen atoms in total. The van der Waals surface area contributed by atoms with E-state index in [1.54, 1.807) is 0 Å². The van der Waals surface area contributed by atoms with Crippen LogP contribution in [0.1, 0.15) is 71.6 Å². The van der Waals surface area contributed by atoms with Crippen LogP contribution in [0.25, 0.3) is 0 Å². The van der Waals surface area contributed by atoms with Gasteiger partial charge < -0.3 is 10.4 Å². The summed E-state index contributed by atoms with van der Waals surface area (Å²) >= 11 is 0. The Labute approximate surface area is 132 Å². The van der Waals surface area contributed by atoms with Crippen LogP contribution in [-0.4, -0.2) is 23.0 Å². The molecule has 0 heterocycles. The van der Waals surface area contributed by atoms with Crippen LogP contribution in [-0.2, 0) is 9.59 Å². The van der Waals surface area contributed by atoms with E-state index in [9.17, 15) is 14.7 Å². The minimum absolute atomic E-state index is 0.172. The number of carbonyl (C=O) groups is 2. The zero-order chi connectivity index (χ0) is 16.0. The van der Waals surface area contributed by atoms with Crippen molar-refractivity contribution in [2.24, 2.45) is 10.8 Å². The van der Waals surface area contributed by atoms with Crippen LogP contribution in [0.3, 0.4) is 0 Å². The van der Waals surface area contributed by atoms with Gasteiger partial charge in [-0.15, -0.1) is 0 Å². The van der Waals surface area contributed by atoms with Gasteiger partial charge in [0.15, 0.2) is 0 Å². The van der Waals surface area contributed by atoms with Gasteiger partial charge in [-0.1, -0.05) is 11.1 Å². The topological polar surface area (TPSA) is 66.4 Å². The lowest BCUT2D eigenvalue weighted by atomic mass is 9.53. The van der Waals surface area contributed by atoms with Crippen LogP contribution in [0.4, 0.5) is 0 Å². The molecule has 4 aliphatic carbocycles. The number of aliphatic carboxylic acids is 1. The van der Waals surface area contributed by atoms with Crippen molar-refractivity contribution in [3.63, 3.8) is 0 Å². The van der Waals surface area contributed by atoms with Crippen LogP contribution in [0.15, 0.2) is 11.1 Å². The van der Waals surface area contributed by atoms with Crippen LogP contribution in [0.2, 0.25) is 0 Å². The van der Waals surface area contributed by atoms with Gasteiger partial charge in [0.1, 0.15) is 0 Å². The SMILES string of the molecule is CC1=C(C)C(NC(=O)C23CCC(C(=O)O)(CC2)CC3)CCC1. The summed E-state index contributed by atoms with van der Waals surface area (Å²) in [5.74, 6) is -0.492. The molecule has 0 spiro atoms. The Morgan fingerprint density at radius 1 is 1.05 bits per heavy atom. The van der Waals surface area contributed by atoms with Crippen molar-refractivity contribution in [3.05, 3.63) is 11.1 Å². The van der Waals surface area contributed by atoms with Crippen molar-refractivity contribution in [2.75, 3.05) is 0 Å². The van der Waals surface area contributed by atoms with E-state index in [1.807, 2.05) is 0 Å². The summed E-state index contributed by atoms with van der Waals surface area (Å²) in [4.78, 5) is 24.4. The number of amides is 1. The van der Waals surface area contributed by atoms with Gasteiger partial charge in [-0.05, 0) is 71.6 Å². The van der Waals surface area contributed by atoms with Crippen LogP contribution >= 0.6 is 0 Å².